The van der Waals surface area contributed by atoms with Gasteiger partial charge in [-0.05, 0) is 30.9 Å². The van der Waals surface area contributed by atoms with E-state index in [0.29, 0.717) is 0 Å². The molecule has 0 aliphatic heterocycles. The average Bonchev–Trinajstić information content (AvgIpc) is 2.27. The summed E-state index contributed by atoms with van der Waals surface area (Å²) >= 11 is 0. The third-order valence-electron chi connectivity index (χ3n) is 2.44. The molecule has 0 saturated carbocycles. The minimum Gasteiger partial charge on any atom is -0.259 e. The molecule has 1 nitrogen and oxygen atoms in total. The monoisotopic (exact) mass is 217 g/mol. The molecule has 1 atom stereocenters. The molecule has 15 heavy (non-hydrogen) atoms. The molecule has 2 heteroatoms. The van der Waals surface area contributed by atoms with Gasteiger partial charge in [0.05, 0.1) is 0 Å². The summed E-state index contributed by atoms with van der Waals surface area (Å²) in [6.45, 7) is 0. The predicted octanol–water partition coefficient (Wildman–Crippen LogP) is 3.38. The van der Waals surface area contributed by atoms with E-state index < -0.39 is 0 Å². The van der Waals surface area contributed by atoms with Crippen LogP contribution in [0.15, 0.2) is 47.4 Å². The smallest absolute Gasteiger partial charge is 0.0232 e. The van der Waals surface area contributed by atoms with E-state index in [1.54, 1.807) is 0 Å². The van der Waals surface area contributed by atoms with E-state index in [2.05, 4.69) is 66.7 Å². The first-order valence-electron chi connectivity index (χ1n) is 4.89. The highest BCUT2D eigenvalue weighted by atomic mass is 32.2. The zero-order valence-electron chi connectivity index (χ0n) is 9.10. The van der Waals surface area contributed by atoms with E-state index >= 15 is 0 Å². The minimum absolute atomic E-state index is 0.0764. The molecule has 2 aromatic carbocycles. The maximum Gasteiger partial charge on any atom is 0.0232 e. The third kappa shape index (κ3) is 1.96. The molecular weight excluding hydrogens is 202 g/mol. The van der Waals surface area contributed by atoms with Crippen molar-refractivity contribution in [3.8, 4) is 0 Å². The second-order valence-electron chi connectivity index (χ2n) is 3.65. The van der Waals surface area contributed by atoms with Crippen LogP contribution in [0, 0.1) is 0 Å². The molecule has 0 radical (unpaired) electrons. The maximum atomic E-state index is 4.21. The van der Waals surface area contributed by atoms with E-state index in [0.717, 1.165) is 0 Å². The molecule has 2 aromatic rings. The van der Waals surface area contributed by atoms with Crippen LogP contribution in [0.25, 0.3) is 10.8 Å². The van der Waals surface area contributed by atoms with Crippen molar-refractivity contribution in [1.82, 2.24) is 4.31 Å². The van der Waals surface area contributed by atoms with Gasteiger partial charge in [0.25, 0.3) is 0 Å². The molecule has 0 saturated heterocycles. The topological polar surface area (TPSA) is 3.24 Å². The Morgan fingerprint density at radius 1 is 1.00 bits per heavy atom. The van der Waals surface area contributed by atoms with Crippen molar-refractivity contribution in [2.75, 3.05) is 14.1 Å². The average molecular weight is 217 g/mol. The second-order valence-corrected chi connectivity index (χ2v) is 5.55. The SMILES string of the molecule is C=S(c1cccc2ccccc12)N(C)C. The van der Waals surface area contributed by atoms with E-state index in [9.17, 15) is 0 Å². The Labute approximate surface area is 93.4 Å². The molecule has 2 rings (SSSR count). The van der Waals surface area contributed by atoms with E-state index in [-0.39, 0.29) is 10.7 Å². The van der Waals surface area contributed by atoms with Crippen molar-refractivity contribution >= 4 is 27.3 Å². The van der Waals surface area contributed by atoms with Crippen LogP contribution in [0.4, 0.5) is 0 Å². The van der Waals surface area contributed by atoms with Gasteiger partial charge in [0, 0.05) is 4.90 Å². The van der Waals surface area contributed by atoms with Crippen molar-refractivity contribution < 1.29 is 0 Å². The summed E-state index contributed by atoms with van der Waals surface area (Å²) in [5.41, 5.74) is 0. The molecule has 0 heterocycles. The summed E-state index contributed by atoms with van der Waals surface area (Å²) in [5.74, 6) is 4.21. The fourth-order valence-electron chi connectivity index (χ4n) is 1.60. The molecule has 0 amide bonds. The molecule has 0 fully saturated rings. The lowest BCUT2D eigenvalue weighted by Gasteiger charge is -2.17. The van der Waals surface area contributed by atoms with Gasteiger partial charge in [0.2, 0.25) is 0 Å². The zero-order valence-corrected chi connectivity index (χ0v) is 9.92. The molecule has 0 bridgehead atoms. The van der Waals surface area contributed by atoms with Gasteiger partial charge in [-0.2, -0.15) is 0 Å². The maximum absolute atomic E-state index is 4.21. The highest BCUT2D eigenvalue weighted by Crippen LogP contribution is 2.32. The Balaban J connectivity index is 2.66. The highest BCUT2D eigenvalue weighted by Gasteiger charge is 2.04. The minimum atomic E-state index is -0.0764. The van der Waals surface area contributed by atoms with Gasteiger partial charge < -0.3 is 0 Å². The van der Waals surface area contributed by atoms with Crippen LogP contribution < -0.4 is 0 Å². The van der Waals surface area contributed by atoms with Gasteiger partial charge in [-0.1, -0.05) is 52.9 Å². The van der Waals surface area contributed by atoms with Gasteiger partial charge >= 0.3 is 0 Å². The standard InChI is InChI=1S/C13H15NS/c1-14(2)15(3)13-10-6-8-11-7-4-5-9-12(11)13/h4-10H,3H2,1-2H3. The molecular formula is C13H15NS. The molecule has 0 spiro atoms. The third-order valence-corrected chi connectivity index (χ3v) is 4.19. The van der Waals surface area contributed by atoms with Crippen LogP contribution in [-0.2, 0) is 0 Å². The normalized spacial score (nSPS) is 13.3. The quantitative estimate of drug-likeness (QED) is 0.697. The fraction of sp³-hybridized carbons (Fsp3) is 0.154. The van der Waals surface area contributed by atoms with Gasteiger partial charge in [0.15, 0.2) is 0 Å². The Morgan fingerprint density at radius 3 is 2.40 bits per heavy atom. The number of nitrogens with zero attached hydrogens (tertiary/aromatic N) is 1. The van der Waals surface area contributed by atoms with E-state index in [1.165, 1.54) is 15.7 Å². The summed E-state index contributed by atoms with van der Waals surface area (Å²) in [4.78, 5) is 1.32. The zero-order chi connectivity index (χ0) is 10.8. The first-order chi connectivity index (χ1) is 7.20. The van der Waals surface area contributed by atoms with Crippen molar-refractivity contribution in [3.63, 3.8) is 0 Å². The molecule has 0 N–H and O–H groups in total. The number of hydrogen-bond acceptors (Lipinski definition) is 1. The number of fused-ring (bicyclic) bond motifs is 1. The summed E-state index contributed by atoms with van der Waals surface area (Å²) in [6.07, 6.45) is 0. The Hall–Kier alpha value is -1.12. The first kappa shape index (κ1) is 10.4. The lowest BCUT2D eigenvalue weighted by Crippen LogP contribution is -2.02. The molecule has 0 aliphatic rings. The lowest BCUT2D eigenvalue weighted by atomic mass is 10.1. The number of rotatable bonds is 2. The van der Waals surface area contributed by atoms with Gasteiger partial charge in [-0.15, -0.1) is 0 Å². The Kier molecular flexibility index (Phi) is 2.89. The molecule has 78 valence electrons. The van der Waals surface area contributed by atoms with Crippen LogP contribution in [0.3, 0.4) is 0 Å². The van der Waals surface area contributed by atoms with E-state index in [4.69, 9.17) is 0 Å². The van der Waals surface area contributed by atoms with Crippen molar-refractivity contribution in [2.24, 2.45) is 0 Å². The summed E-state index contributed by atoms with van der Waals surface area (Å²) in [6, 6.07) is 14.9. The van der Waals surface area contributed by atoms with Crippen LogP contribution >= 0.6 is 10.7 Å². The molecule has 1 unspecified atom stereocenters. The van der Waals surface area contributed by atoms with Gasteiger partial charge in [-0.25, -0.2) is 0 Å². The largest absolute Gasteiger partial charge is 0.259 e. The van der Waals surface area contributed by atoms with E-state index in [1.807, 2.05) is 0 Å². The van der Waals surface area contributed by atoms with Crippen molar-refractivity contribution in [3.05, 3.63) is 42.5 Å². The summed E-state index contributed by atoms with van der Waals surface area (Å²) < 4.78 is 2.15. The van der Waals surface area contributed by atoms with Crippen molar-refractivity contribution in [2.45, 2.75) is 4.90 Å². The van der Waals surface area contributed by atoms with Crippen LogP contribution in [0.1, 0.15) is 0 Å². The van der Waals surface area contributed by atoms with Crippen LogP contribution in [0.2, 0.25) is 0 Å². The highest BCUT2D eigenvalue weighted by molar-refractivity contribution is 8.12. The molecule has 0 aromatic heterocycles. The first-order valence-corrected chi connectivity index (χ1v) is 6.24. The van der Waals surface area contributed by atoms with Crippen molar-refractivity contribution in [1.29, 1.82) is 0 Å². The lowest BCUT2D eigenvalue weighted by molar-refractivity contribution is 0.701. The predicted molar refractivity (Wildman–Crippen MR) is 70.6 cm³/mol. The second kappa shape index (κ2) is 4.17. The van der Waals surface area contributed by atoms with Crippen LogP contribution in [0.5, 0.6) is 0 Å². The van der Waals surface area contributed by atoms with Crippen LogP contribution in [-0.4, -0.2) is 24.3 Å². The van der Waals surface area contributed by atoms with Gasteiger partial charge in [0.1, 0.15) is 0 Å². The van der Waals surface area contributed by atoms with Gasteiger partial charge in [-0.3, -0.25) is 4.31 Å². The Bertz CT molecular complexity index is 497. The molecule has 0 aliphatic carbocycles. The number of benzene rings is 2. The number of hydrogen-bond donors (Lipinski definition) is 0. The Morgan fingerprint density at radius 2 is 1.67 bits per heavy atom. The fourth-order valence-corrected chi connectivity index (χ4v) is 2.67. The summed E-state index contributed by atoms with van der Waals surface area (Å²) in [7, 11) is 4.06. The summed E-state index contributed by atoms with van der Waals surface area (Å²) in [5, 5.41) is 2.60.